The fraction of sp³-hybridized carbons (Fsp3) is 0.417. The van der Waals surface area contributed by atoms with Gasteiger partial charge in [0.05, 0.1) is 5.41 Å². The van der Waals surface area contributed by atoms with Crippen LogP contribution in [0.4, 0.5) is 8.78 Å². The maximum absolute atomic E-state index is 13.0. The minimum atomic E-state index is -5.62. The minimum absolute atomic E-state index is 0.528. The standard InChI is InChI=1S/C12H14F2O5S/c1-11(2,9-6-4-3-5-7-9)10(15)19-8-12(13,14)20(16,17)18/h3-7H,8H2,1-2H3,(H,16,17,18). The lowest BCUT2D eigenvalue weighted by atomic mass is 9.85. The molecule has 0 saturated heterocycles. The molecule has 1 rings (SSSR count). The van der Waals surface area contributed by atoms with Gasteiger partial charge in [0.2, 0.25) is 0 Å². The summed E-state index contributed by atoms with van der Waals surface area (Å²) in [5.41, 5.74) is -0.698. The molecule has 0 aromatic heterocycles. The third kappa shape index (κ3) is 3.51. The Morgan fingerprint density at radius 2 is 1.75 bits per heavy atom. The van der Waals surface area contributed by atoms with E-state index >= 15 is 0 Å². The van der Waals surface area contributed by atoms with Gasteiger partial charge in [0.15, 0.2) is 6.61 Å². The predicted molar refractivity (Wildman–Crippen MR) is 66.9 cm³/mol. The van der Waals surface area contributed by atoms with Crippen LogP contribution in [0.2, 0.25) is 0 Å². The fourth-order valence-electron chi connectivity index (χ4n) is 1.38. The molecule has 0 fully saturated rings. The number of hydrogen-bond acceptors (Lipinski definition) is 4. The Kier molecular flexibility index (Phi) is 4.50. The normalized spacial score (nSPS) is 13.1. The number of benzene rings is 1. The van der Waals surface area contributed by atoms with Crippen LogP contribution >= 0.6 is 0 Å². The molecule has 1 aromatic rings. The molecule has 0 radical (unpaired) electrons. The minimum Gasteiger partial charge on any atom is -0.457 e. The smallest absolute Gasteiger partial charge is 0.402 e. The number of alkyl halides is 2. The molecule has 0 spiro atoms. The summed E-state index contributed by atoms with van der Waals surface area (Å²) in [7, 11) is -5.62. The third-order valence-corrected chi connectivity index (χ3v) is 3.63. The maximum atomic E-state index is 13.0. The highest BCUT2D eigenvalue weighted by atomic mass is 32.2. The predicted octanol–water partition coefficient (Wildman–Crippen LogP) is 1.99. The Balaban J connectivity index is 2.83. The highest BCUT2D eigenvalue weighted by Crippen LogP contribution is 2.27. The summed E-state index contributed by atoms with van der Waals surface area (Å²) in [4.78, 5) is 11.8. The van der Waals surface area contributed by atoms with Crippen LogP contribution in [0.15, 0.2) is 30.3 Å². The molecule has 0 atom stereocenters. The topological polar surface area (TPSA) is 80.7 Å². The zero-order valence-electron chi connectivity index (χ0n) is 10.8. The van der Waals surface area contributed by atoms with Crippen molar-refractivity contribution in [2.75, 3.05) is 6.61 Å². The molecule has 112 valence electrons. The second kappa shape index (κ2) is 5.45. The van der Waals surface area contributed by atoms with Crippen LogP contribution in [0.5, 0.6) is 0 Å². The van der Waals surface area contributed by atoms with Gasteiger partial charge in [-0.05, 0) is 19.4 Å². The largest absolute Gasteiger partial charge is 0.457 e. The molecule has 0 aliphatic rings. The van der Waals surface area contributed by atoms with Gasteiger partial charge in [-0.2, -0.15) is 17.2 Å². The summed E-state index contributed by atoms with van der Waals surface area (Å²) in [6.45, 7) is 1.17. The number of carbonyl (C=O) groups excluding carboxylic acids is 1. The fourth-order valence-corrected chi connectivity index (χ4v) is 1.58. The van der Waals surface area contributed by atoms with E-state index < -0.39 is 33.4 Å². The number of rotatable bonds is 5. The summed E-state index contributed by atoms with van der Waals surface area (Å²) < 4.78 is 59.4. The van der Waals surface area contributed by atoms with E-state index in [2.05, 4.69) is 4.74 Å². The van der Waals surface area contributed by atoms with E-state index in [0.29, 0.717) is 5.56 Å². The van der Waals surface area contributed by atoms with E-state index in [4.69, 9.17) is 4.55 Å². The van der Waals surface area contributed by atoms with Crippen LogP contribution in [0.1, 0.15) is 19.4 Å². The van der Waals surface area contributed by atoms with E-state index in [1.807, 2.05) is 0 Å². The van der Waals surface area contributed by atoms with Crippen molar-refractivity contribution in [3.8, 4) is 0 Å². The number of hydrogen-bond donors (Lipinski definition) is 1. The molecule has 1 aromatic carbocycles. The van der Waals surface area contributed by atoms with Crippen molar-refractivity contribution in [1.29, 1.82) is 0 Å². The summed E-state index contributed by atoms with van der Waals surface area (Å²) in [5.74, 6) is -1.02. The first-order chi connectivity index (χ1) is 8.98. The van der Waals surface area contributed by atoms with Crippen LogP contribution in [0.25, 0.3) is 0 Å². The van der Waals surface area contributed by atoms with E-state index in [0.717, 1.165) is 0 Å². The van der Waals surface area contributed by atoms with Crippen LogP contribution in [0, 0.1) is 0 Å². The van der Waals surface area contributed by atoms with Gasteiger partial charge in [-0.3, -0.25) is 9.35 Å². The Labute approximate surface area is 115 Å². The zero-order chi connectivity index (χ0) is 15.6. The molecule has 0 unspecified atom stereocenters. The molecular weight excluding hydrogens is 294 g/mol. The van der Waals surface area contributed by atoms with Gasteiger partial charge in [0.25, 0.3) is 0 Å². The molecule has 0 saturated carbocycles. The van der Waals surface area contributed by atoms with E-state index in [9.17, 15) is 22.0 Å². The molecular formula is C12H14F2O5S. The highest BCUT2D eigenvalue weighted by Gasteiger charge is 2.46. The van der Waals surface area contributed by atoms with Crippen LogP contribution in [0.3, 0.4) is 0 Å². The quantitative estimate of drug-likeness (QED) is 0.664. The van der Waals surface area contributed by atoms with Crippen molar-refractivity contribution in [3.63, 3.8) is 0 Å². The molecule has 0 heterocycles. The first-order valence-corrected chi connectivity index (χ1v) is 7.00. The van der Waals surface area contributed by atoms with Crippen LogP contribution < -0.4 is 0 Å². The Bertz CT molecular complexity index is 581. The van der Waals surface area contributed by atoms with Crippen molar-refractivity contribution >= 4 is 16.1 Å². The molecule has 0 aliphatic carbocycles. The molecule has 8 heteroatoms. The number of halogens is 2. The van der Waals surface area contributed by atoms with Crippen molar-refractivity contribution < 1.29 is 31.3 Å². The molecule has 20 heavy (non-hydrogen) atoms. The van der Waals surface area contributed by atoms with Gasteiger partial charge in [0, 0.05) is 0 Å². The lowest BCUT2D eigenvalue weighted by molar-refractivity contribution is -0.155. The van der Waals surface area contributed by atoms with Crippen molar-refractivity contribution in [2.45, 2.75) is 24.5 Å². The lowest BCUT2D eigenvalue weighted by Crippen LogP contribution is -2.38. The van der Waals surface area contributed by atoms with Crippen molar-refractivity contribution in [2.24, 2.45) is 0 Å². The number of esters is 1. The summed E-state index contributed by atoms with van der Waals surface area (Å²) in [6.07, 6.45) is 0. The second-order valence-electron chi connectivity index (χ2n) is 4.68. The van der Waals surface area contributed by atoms with Gasteiger partial charge < -0.3 is 4.74 Å². The summed E-state index contributed by atoms with van der Waals surface area (Å²) >= 11 is 0. The third-order valence-electron chi connectivity index (χ3n) is 2.75. The molecule has 1 N–H and O–H groups in total. The number of carbonyl (C=O) groups is 1. The van der Waals surface area contributed by atoms with Crippen LogP contribution in [-0.2, 0) is 25.1 Å². The molecule has 0 aliphatic heterocycles. The van der Waals surface area contributed by atoms with Gasteiger partial charge in [0.1, 0.15) is 0 Å². The van der Waals surface area contributed by atoms with E-state index in [1.54, 1.807) is 30.3 Å². The van der Waals surface area contributed by atoms with Gasteiger partial charge in [-0.15, -0.1) is 0 Å². The Hall–Kier alpha value is -1.54. The average molecular weight is 308 g/mol. The Morgan fingerprint density at radius 3 is 2.20 bits per heavy atom. The molecule has 5 nitrogen and oxygen atoms in total. The van der Waals surface area contributed by atoms with Gasteiger partial charge in [-0.25, -0.2) is 0 Å². The van der Waals surface area contributed by atoms with Crippen molar-refractivity contribution in [3.05, 3.63) is 35.9 Å². The van der Waals surface area contributed by atoms with Crippen LogP contribution in [-0.4, -0.2) is 30.8 Å². The monoisotopic (exact) mass is 308 g/mol. The maximum Gasteiger partial charge on any atom is 0.402 e. The van der Waals surface area contributed by atoms with E-state index in [-0.39, 0.29) is 0 Å². The summed E-state index contributed by atoms with van der Waals surface area (Å²) in [6, 6.07) is 8.27. The van der Waals surface area contributed by atoms with Gasteiger partial charge >= 0.3 is 21.3 Å². The first-order valence-electron chi connectivity index (χ1n) is 5.56. The van der Waals surface area contributed by atoms with Crippen molar-refractivity contribution in [1.82, 2.24) is 0 Å². The second-order valence-corrected chi connectivity index (χ2v) is 6.23. The Morgan fingerprint density at radius 1 is 1.25 bits per heavy atom. The molecule has 0 bridgehead atoms. The van der Waals surface area contributed by atoms with Gasteiger partial charge in [-0.1, -0.05) is 30.3 Å². The first kappa shape index (κ1) is 16.5. The van der Waals surface area contributed by atoms with E-state index in [1.165, 1.54) is 13.8 Å². The SMILES string of the molecule is CC(C)(C(=O)OCC(F)(F)S(=O)(=O)O)c1ccccc1. The lowest BCUT2D eigenvalue weighted by Gasteiger charge is -2.24. The average Bonchev–Trinajstić information content (AvgIpc) is 2.35. The highest BCUT2D eigenvalue weighted by molar-refractivity contribution is 7.86. The summed E-state index contributed by atoms with van der Waals surface area (Å²) in [5, 5.41) is -4.53. The molecule has 0 amide bonds. The number of ether oxygens (including phenoxy) is 1. The zero-order valence-corrected chi connectivity index (χ0v) is 11.7.